The maximum atomic E-state index is 12.0. The Morgan fingerprint density at radius 3 is 2.60 bits per heavy atom. The molecular weight excluding hydrogens is 256 g/mol. The number of rotatable bonds is 3. The van der Waals surface area contributed by atoms with Gasteiger partial charge in [-0.15, -0.1) is 0 Å². The zero-order chi connectivity index (χ0) is 13.8. The lowest BCUT2D eigenvalue weighted by Gasteiger charge is -2.04. The molecule has 0 radical (unpaired) electrons. The SMILES string of the molecule is O=C(Nc1cn[nH]c1-c1ccccn1)c1ncccn1. The molecule has 1 amide bonds. The molecule has 0 aromatic carbocycles. The molecule has 0 saturated carbocycles. The van der Waals surface area contributed by atoms with Crippen molar-refractivity contribution in [2.75, 3.05) is 5.32 Å². The van der Waals surface area contributed by atoms with Crippen LogP contribution in [-0.2, 0) is 0 Å². The minimum Gasteiger partial charge on any atom is -0.316 e. The molecule has 0 bridgehead atoms. The van der Waals surface area contributed by atoms with Crippen molar-refractivity contribution in [3.05, 3.63) is 54.9 Å². The van der Waals surface area contributed by atoms with Crippen LogP contribution in [0.2, 0.25) is 0 Å². The van der Waals surface area contributed by atoms with Gasteiger partial charge in [-0.05, 0) is 18.2 Å². The van der Waals surface area contributed by atoms with Crippen molar-refractivity contribution in [1.29, 1.82) is 0 Å². The van der Waals surface area contributed by atoms with E-state index in [9.17, 15) is 4.79 Å². The van der Waals surface area contributed by atoms with Gasteiger partial charge in [-0.1, -0.05) is 6.07 Å². The topological polar surface area (TPSA) is 96.5 Å². The number of carbonyl (C=O) groups is 1. The molecule has 7 nitrogen and oxygen atoms in total. The van der Waals surface area contributed by atoms with Gasteiger partial charge in [0.1, 0.15) is 5.69 Å². The number of anilines is 1. The largest absolute Gasteiger partial charge is 0.316 e. The van der Waals surface area contributed by atoms with Crippen molar-refractivity contribution in [2.24, 2.45) is 0 Å². The van der Waals surface area contributed by atoms with E-state index in [0.717, 1.165) is 0 Å². The molecule has 7 heteroatoms. The Kier molecular flexibility index (Phi) is 3.15. The third-order valence-electron chi connectivity index (χ3n) is 2.58. The molecule has 3 aromatic rings. The number of nitrogens with one attached hydrogen (secondary N) is 2. The number of carbonyl (C=O) groups excluding carboxylic acids is 1. The van der Waals surface area contributed by atoms with Gasteiger partial charge in [0, 0.05) is 18.6 Å². The van der Waals surface area contributed by atoms with E-state index in [1.54, 1.807) is 12.3 Å². The Balaban J connectivity index is 1.86. The standard InChI is InChI=1S/C13H10N6O/c20-13(12-15-6-3-7-16-12)18-10-8-17-19-11(10)9-4-1-2-5-14-9/h1-8H,(H,17,19)(H,18,20). The predicted molar refractivity (Wildman–Crippen MR) is 71.8 cm³/mol. The zero-order valence-electron chi connectivity index (χ0n) is 10.3. The molecule has 0 atom stereocenters. The fraction of sp³-hybridized carbons (Fsp3) is 0. The van der Waals surface area contributed by atoms with Gasteiger partial charge < -0.3 is 5.32 Å². The molecule has 20 heavy (non-hydrogen) atoms. The fourth-order valence-electron chi connectivity index (χ4n) is 1.68. The van der Waals surface area contributed by atoms with Crippen LogP contribution in [0.15, 0.2) is 49.1 Å². The van der Waals surface area contributed by atoms with Crippen LogP contribution in [0.5, 0.6) is 0 Å². The number of aromatic nitrogens is 5. The van der Waals surface area contributed by atoms with Crippen LogP contribution in [-0.4, -0.2) is 31.1 Å². The Hall–Kier alpha value is -3.09. The number of pyridine rings is 1. The number of H-pyrrole nitrogens is 1. The summed E-state index contributed by atoms with van der Waals surface area (Å²) in [6.45, 7) is 0. The molecule has 3 heterocycles. The highest BCUT2D eigenvalue weighted by Gasteiger charge is 2.14. The van der Waals surface area contributed by atoms with Gasteiger partial charge in [-0.25, -0.2) is 9.97 Å². The smallest absolute Gasteiger partial charge is 0.293 e. The van der Waals surface area contributed by atoms with Gasteiger partial charge in [0.2, 0.25) is 5.82 Å². The molecule has 0 aliphatic carbocycles. The number of aromatic amines is 1. The van der Waals surface area contributed by atoms with Crippen LogP contribution in [0.4, 0.5) is 5.69 Å². The average Bonchev–Trinajstić information content (AvgIpc) is 2.97. The van der Waals surface area contributed by atoms with Gasteiger partial charge >= 0.3 is 0 Å². The minimum absolute atomic E-state index is 0.0978. The molecule has 3 rings (SSSR count). The van der Waals surface area contributed by atoms with E-state index in [-0.39, 0.29) is 5.82 Å². The number of hydrogen-bond acceptors (Lipinski definition) is 5. The first kappa shape index (κ1) is 12.0. The quantitative estimate of drug-likeness (QED) is 0.749. The summed E-state index contributed by atoms with van der Waals surface area (Å²) in [6, 6.07) is 7.14. The third kappa shape index (κ3) is 2.37. The fourth-order valence-corrected chi connectivity index (χ4v) is 1.68. The Morgan fingerprint density at radius 2 is 1.85 bits per heavy atom. The highest BCUT2D eigenvalue weighted by molar-refractivity contribution is 6.03. The van der Waals surface area contributed by atoms with Crippen molar-refractivity contribution in [2.45, 2.75) is 0 Å². The molecule has 0 spiro atoms. The Bertz CT molecular complexity index is 710. The number of nitrogens with zero attached hydrogens (tertiary/aromatic N) is 4. The highest BCUT2D eigenvalue weighted by atomic mass is 16.2. The normalized spacial score (nSPS) is 10.2. The van der Waals surface area contributed by atoms with Crippen LogP contribution < -0.4 is 5.32 Å². The molecule has 98 valence electrons. The molecule has 0 aliphatic rings. The number of amides is 1. The summed E-state index contributed by atoms with van der Waals surface area (Å²) < 4.78 is 0. The van der Waals surface area contributed by atoms with Gasteiger partial charge in [-0.2, -0.15) is 5.10 Å². The first-order valence-corrected chi connectivity index (χ1v) is 5.88. The van der Waals surface area contributed by atoms with Crippen LogP contribution in [0.1, 0.15) is 10.6 Å². The van der Waals surface area contributed by atoms with Gasteiger partial charge in [-0.3, -0.25) is 14.9 Å². The molecule has 0 aliphatic heterocycles. The Labute approximate surface area is 114 Å². The molecule has 0 unspecified atom stereocenters. The lowest BCUT2D eigenvalue weighted by molar-refractivity contribution is 0.101. The predicted octanol–water partition coefficient (Wildman–Crippen LogP) is 1.51. The van der Waals surface area contributed by atoms with E-state index < -0.39 is 5.91 Å². The second-order valence-corrected chi connectivity index (χ2v) is 3.90. The van der Waals surface area contributed by atoms with E-state index >= 15 is 0 Å². The van der Waals surface area contributed by atoms with Crippen molar-refractivity contribution < 1.29 is 4.79 Å². The molecular formula is C13H10N6O. The molecule has 0 saturated heterocycles. The second kappa shape index (κ2) is 5.27. The Morgan fingerprint density at radius 1 is 1.05 bits per heavy atom. The van der Waals surface area contributed by atoms with Crippen molar-refractivity contribution in [1.82, 2.24) is 25.1 Å². The molecule has 2 N–H and O–H groups in total. The van der Waals surface area contributed by atoms with Crippen LogP contribution >= 0.6 is 0 Å². The summed E-state index contributed by atoms with van der Waals surface area (Å²) in [5, 5.41) is 9.44. The van der Waals surface area contributed by atoms with Crippen LogP contribution in [0.3, 0.4) is 0 Å². The maximum Gasteiger partial charge on any atom is 0.293 e. The monoisotopic (exact) mass is 266 g/mol. The zero-order valence-corrected chi connectivity index (χ0v) is 10.3. The van der Waals surface area contributed by atoms with E-state index in [4.69, 9.17) is 0 Å². The van der Waals surface area contributed by atoms with E-state index in [0.29, 0.717) is 17.1 Å². The second-order valence-electron chi connectivity index (χ2n) is 3.90. The van der Waals surface area contributed by atoms with E-state index in [1.165, 1.54) is 18.6 Å². The van der Waals surface area contributed by atoms with Crippen molar-refractivity contribution in [3.63, 3.8) is 0 Å². The first-order chi connectivity index (χ1) is 9.84. The summed E-state index contributed by atoms with van der Waals surface area (Å²) in [7, 11) is 0. The van der Waals surface area contributed by atoms with Crippen molar-refractivity contribution in [3.8, 4) is 11.4 Å². The third-order valence-corrected chi connectivity index (χ3v) is 2.58. The highest BCUT2D eigenvalue weighted by Crippen LogP contribution is 2.23. The lowest BCUT2D eigenvalue weighted by atomic mass is 10.2. The summed E-state index contributed by atoms with van der Waals surface area (Å²) >= 11 is 0. The van der Waals surface area contributed by atoms with E-state index in [1.807, 2.05) is 18.2 Å². The summed E-state index contributed by atoms with van der Waals surface area (Å²) in [6.07, 6.45) is 6.21. The average molecular weight is 266 g/mol. The van der Waals surface area contributed by atoms with Crippen LogP contribution in [0.25, 0.3) is 11.4 Å². The minimum atomic E-state index is -0.399. The van der Waals surface area contributed by atoms with Gasteiger partial charge in [0.25, 0.3) is 5.91 Å². The van der Waals surface area contributed by atoms with Gasteiger partial charge in [0.15, 0.2) is 0 Å². The number of hydrogen-bond donors (Lipinski definition) is 2. The van der Waals surface area contributed by atoms with Gasteiger partial charge in [0.05, 0.1) is 17.6 Å². The first-order valence-electron chi connectivity index (χ1n) is 5.88. The van der Waals surface area contributed by atoms with Crippen LogP contribution in [0, 0.1) is 0 Å². The van der Waals surface area contributed by atoms with E-state index in [2.05, 4.69) is 30.5 Å². The maximum absolute atomic E-state index is 12.0. The van der Waals surface area contributed by atoms with Crippen molar-refractivity contribution >= 4 is 11.6 Å². The molecule has 0 fully saturated rings. The molecule has 3 aromatic heterocycles. The summed E-state index contributed by atoms with van der Waals surface area (Å²) in [5.74, 6) is -0.301. The lowest BCUT2D eigenvalue weighted by Crippen LogP contribution is -2.15. The summed E-state index contributed by atoms with van der Waals surface area (Å²) in [5.41, 5.74) is 1.85. The summed E-state index contributed by atoms with van der Waals surface area (Å²) in [4.78, 5) is 24.0.